The van der Waals surface area contributed by atoms with Crippen LogP contribution in [-0.4, -0.2) is 45.0 Å². The number of amides is 1. The molecule has 4 rings (SSSR count). The van der Waals surface area contributed by atoms with Crippen molar-refractivity contribution in [3.05, 3.63) is 51.2 Å². The fraction of sp³-hybridized carbons (Fsp3) is 0.476. The second kappa shape index (κ2) is 7.17. The van der Waals surface area contributed by atoms with E-state index in [0.717, 1.165) is 44.2 Å². The van der Waals surface area contributed by atoms with E-state index in [9.17, 15) is 19.1 Å². The van der Waals surface area contributed by atoms with E-state index in [1.165, 1.54) is 11.0 Å². The standard InChI is InChI=1S/C21H25FN4O3/c1-13-11-14(5-6-15(13)22)12-25(2)19(29)16-17(27)18(28)24-20(23-16)26-10-9-21(26)7-3-4-8-21/h5-6,11,27H,3-4,7-10,12H2,1-2H3,(H,23,24,28). The smallest absolute Gasteiger partial charge is 0.295 e. The molecule has 1 amide bonds. The van der Waals surface area contributed by atoms with E-state index in [1.54, 1.807) is 26.1 Å². The van der Waals surface area contributed by atoms with Gasteiger partial charge in [0, 0.05) is 25.7 Å². The summed E-state index contributed by atoms with van der Waals surface area (Å²) >= 11 is 0. The maximum atomic E-state index is 13.5. The fourth-order valence-electron chi connectivity index (χ4n) is 4.49. The van der Waals surface area contributed by atoms with Crippen LogP contribution in [0.5, 0.6) is 5.75 Å². The molecule has 29 heavy (non-hydrogen) atoms. The van der Waals surface area contributed by atoms with Gasteiger partial charge in [0.2, 0.25) is 11.7 Å². The van der Waals surface area contributed by atoms with Crippen molar-refractivity contribution in [2.24, 2.45) is 0 Å². The van der Waals surface area contributed by atoms with E-state index < -0.39 is 17.2 Å². The molecule has 0 bridgehead atoms. The Morgan fingerprint density at radius 3 is 2.69 bits per heavy atom. The number of aromatic hydroxyl groups is 1. The van der Waals surface area contributed by atoms with Crippen molar-refractivity contribution in [3.63, 3.8) is 0 Å². The summed E-state index contributed by atoms with van der Waals surface area (Å²) in [7, 11) is 1.56. The van der Waals surface area contributed by atoms with Crippen LogP contribution in [0.4, 0.5) is 10.3 Å². The van der Waals surface area contributed by atoms with Gasteiger partial charge in [0.05, 0.1) is 0 Å². The number of rotatable bonds is 4. The maximum Gasteiger partial charge on any atom is 0.295 e. The van der Waals surface area contributed by atoms with Crippen molar-refractivity contribution in [1.82, 2.24) is 14.9 Å². The zero-order chi connectivity index (χ0) is 20.8. The van der Waals surface area contributed by atoms with Gasteiger partial charge in [0.15, 0.2) is 5.69 Å². The largest absolute Gasteiger partial charge is 0.501 e. The molecule has 1 spiro atoms. The van der Waals surface area contributed by atoms with Crippen molar-refractivity contribution in [3.8, 4) is 5.75 Å². The number of aromatic amines is 1. The summed E-state index contributed by atoms with van der Waals surface area (Å²) in [6.45, 7) is 2.63. The number of halogens is 1. The quantitative estimate of drug-likeness (QED) is 0.824. The highest BCUT2D eigenvalue weighted by Gasteiger charge is 2.47. The van der Waals surface area contributed by atoms with Crippen molar-refractivity contribution in [1.29, 1.82) is 0 Å². The molecule has 2 fully saturated rings. The van der Waals surface area contributed by atoms with E-state index in [4.69, 9.17) is 0 Å². The van der Waals surface area contributed by atoms with Crippen LogP contribution in [-0.2, 0) is 6.54 Å². The monoisotopic (exact) mass is 400 g/mol. The first-order chi connectivity index (χ1) is 13.8. The number of anilines is 1. The lowest BCUT2D eigenvalue weighted by Gasteiger charge is -2.51. The van der Waals surface area contributed by atoms with Gasteiger partial charge in [-0.15, -0.1) is 0 Å². The zero-order valence-electron chi connectivity index (χ0n) is 16.7. The molecule has 1 aromatic carbocycles. The molecule has 0 unspecified atom stereocenters. The number of H-pyrrole nitrogens is 1. The van der Waals surface area contributed by atoms with Crippen LogP contribution in [0, 0.1) is 12.7 Å². The Kier molecular flexibility index (Phi) is 4.80. The van der Waals surface area contributed by atoms with Gasteiger partial charge in [-0.25, -0.2) is 9.37 Å². The number of carbonyl (C=O) groups is 1. The zero-order valence-corrected chi connectivity index (χ0v) is 16.7. The van der Waals surface area contributed by atoms with E-state index in [2.05, 4.69) is 14.9 Å². The third kappa shape index (κ3) is 3.36. The van der Waals surface area contributed by atoms with Gasteiger partial charge in [-0.1, -0.05) is 25.0 Å². The topological polar surface area (TPSA) is 89.5 Å². The lowest BCUT2D eigenvalue weighted by molar-refractivity contribution is 0.0775. The highest BCUT2D eigenvalue weighted by atomic mass is 19.1. The molecular weight excluding hydrogens is 375 g/mol. The first-order valence-corrected chi connectivity index (χ1v) is 9.92. The van der Waals surface area contributed by atoms with Crippen LogP contribution < -0.4 is 10.5 Å². The van der Waals surface area contributed by atoms with Gasteiger partial charge in [-0.3, -0.25) is 14.6 Å². The van der Waals surface area contributed by atoms with Gasteiger partial charge in [0.25, 0.3) is 11.5 Å². The second-order valence-electron chi connectivity index (χ2n) is 8.16. The van der Waals surface area contributed by atoms with Crippen LogP contribution in [0.1, 0.15) is 53.7 Å². The normalized spacial score (nSPS) is 17.4. The summed E-state index contributed by atoms with van der Waals surface area (Å²) in [4.78, 5) is 35.6. The van der Waals surface area contributed by atoms with Gasteiger partial charge in [0.1, 0.15) is 5.82 Å². The molecule has 1 saturated heterocycles. The lowest BCUT2D eigenvalue weighted by atomic mass is 9.83. The molecule has 0 atom stereocenters. The molecular formula is C21H25FN4O3. The molecule has 1 saturated carbocycles. The van der Waals surface area contributed by atoms with E-state index >= 15 is 0 Å². The minimum absolute atomic E-state index is 0.0186. The number of nitrogens with one attached hydrogen (secondary N) is 1. The molecule has 2 heterocycles. The van der Waals surface area contributed by atoms with Crippen molar-refractivity contribution >= 4 is 11.9 Å². The van der Waals surface area contributed by atoms with Crippen molar-refractivity contribution in [2.45, 2.75) is 51.1 Å². The van der Waals surface area contributed by atoms with Crippen LogP contribution in [0.2, 0.25) is 0 Å². The third-order valence-corrected chi connectivity index (χ3v) is 6.24. The Balaban J connectivity index is 1.60. The highest BCUT2D eigenvalue weighted by molar-refractivity contribution is 5.94. The van der Waals surface area contributed by atoms with Gasteiger partial charge >= 0.3 is 0 Å². The molecule has 2 aromatic rings. The maximum absolute atomic E-state index is 13.5. The molecule has 154 valence electrons. The Morgan fingerprint density at radius 2 is 2.07 bits per heavy atom. The molecule has 2 aliphatic rings. The van der Waals surface area contributed by atoms with Crippen LogP contribution in [0.3, 0.4) is 0 Å². The van der Waals surface area contributed by atoms with Gasteiger partial charge in [-0.2, -0.15) is 0 Å². The Labute approximate surface area is 168 Å². The molecule has 1 aliphatic carbocycles. The Bertz CT molecular complexity index is 1010. The van der Waals surface area contributed by atoms with E-state index in [0.29, 0.717) is 11.5 Å². The third-order valence-electron chi connectivity index (χ3n) is 6.24. The minimum atomic E-state index is -0.718. The number of benzene rings is 1. The summed E-state index contributed by atoms with van der Waals surface area (Å²) in [6, 6.07) is 4.63. The molecule has 2 N–H and O–H groups in total. The molecule has 7 nitrogen and oxygen atoms in total. The van der Waals surface area contributed by atoms with Gasteiger partial charge < -0.3 is 14.9 Å². The number of hydrogen-bond donors (Lipinski definition) is 2. The van der Waals surface area contributed by atoms with Crippen molar-refractivity contribution in [2.75, 3.05) is 18.5 Å². The number of carbonyl (C=O) groups excluding carboxylic acids is 1. The van der Waals surface area contributed by atoms with Gasteiger partial charge in [-0.05, 0) is 43.4 Å². The van der Waals surface area contributed by atoms with Crippen molar-refractivity contribution < 1.29 is 14.3 Å². The van der Waals surface area contributed by atoms with Crippen LogP contribution in [0.25, 0.3) is 0 Å². The number of aromatic nitrogens is 2. The molecule has 1 aromatic heterocycles. The minimum Gasteiger partial charge on any atom is -0.501 e. The van der Waals surface area contributed by atoms with Crippen LogP contribution >= 0.6 is 0 Å². The Morgan fingerprint density at radius 1 is 1.34 bits per heavy atom. The van der Waals surface area contributed by atoms with Crippen LogP contribution in [0.15, 0.2) is 23.0 Å². The SMILES string of the molecule is Cc1cc(CN(C)C(=O)c2nc(N3CCC34CCCC4)[nH]c(=O)c2O)ccc1F. The second-order valence-corrected chi connectivity index (χ2v) is 8.16. The summed E-state index contributed by atoms with van der Waals surface area (Å²) in [5.41, 5.74) is 0.277. The summed E-state index contributed by atoms with van der Waals surface area (Å²) in [5.74, 6) is -1.20. The molecule has 1 aliphatic heterocycles. The Hall–Kier alpha value is -2.90. The predicted octanol–water partition coefficient (Wildman–Crippen LogP) is 2.72. The molecule has 8 heteroatoms. The summed E-state index contributed by atoms with van der Waals surface area (Å²) < 4.78 is 13.5. The first kappa shape index (κ1) is 19.4. The number of nitrogens with zero attached hydrogens (tertiary/aromatic N) is 3. The fourth-order valence-corrected chi connectivity index (χ4v) is 4.49. The number of hydrogen-bond acceptors (Lipinski definition) is 5. The summed E-state index contributed by atoms with van der Waals surface area (Å²) in [6.07, 6.45) is 5.43. The average molecular weight is 400 g/mol. The molecule has 0 radical (unpaired) electrons. The highest BCUT2D eigenvalue weighted by Crippen LogP contribution is 2.45. The summed E-state index contributed by atoms with van der Waals surface area (Å²) in [5, 5.41) is 10.2. The van der Waals surface area contributed by atoms with E-state index in [-0.39, 0.29) is 23.6 Å². The van der Waals surface area contributed by atoms with E-state index in [1.807, 2.05) is 0 Å². The lowest BCUT2D eigenvalue weighted by Crippen LogP contribution is -2.59. The first-order valence-electron chi connectivity index (χ1n) is 9.92. The average Bonchev–Trinajstić information content (AvgIpc) is 3.18. The predicted molar refractivity (Wildman–Crippen MR) is 107 cm³/mol. The number of aryl methyl sites for hydroxylation is 1.